The monoisotopic (exact) mass is 312 g/mol. The Hall–Kier alpha value is -2.66. The van der Waals surface area contributed by atoms with E-state index in [0.29, 0.717) is 5.56 Å². The smallest absolute Gasteiger partial charge is 0.226 e. The lowest BCUT2D eigenvalue weighted by atomic mass is 10.1. The quantitative estimate of drug-likeness (QED) is 0.734. The van der Waals surface area contributed by atoms with Crippen LogP contribution in [-0.2, 0) is 9.59 Å². The van der Waals surface area contributed by atoms with Gasteiger partial charge < -0.3 is 15.7 Å². The molecule has 0 radical (unpaired) electrons. The molecule has 5 nitrogen and oxygen atoms in total. The van der Waals surface area contributed by atoms with Crippen LogP contribution < -0.4 is 10.6 Å². The van der Waals surface area contributed by atoms with Gasteiger partial charge in [0.1, 0.15) is 0 Å². The molecule has 2 aromatic rings. The van der Waals surface area contributed by atoms with Crippen LogP contribution in [0.4, 0.5) is 5.69 Å². The summed E-state index contributed by atoms with van der Waals surface area (Å²) in [6.45, 7) is 0.235. The molecule has 3 N–H and O–H groups in total. The van der Waals surface area contributed by atoms with Crippen LogP contribution in [0.15, 0.2) is 60.7 Å². The van der Waals surface area contributed by atoms with Crippen molar-refractivity contribution in [2.45, 2.75) is 18.9 Å². The van der Waals surface area contributed by atoms with Gasteiger partial charge in [-0.3, -0.25) is 9.59 Å². The zero-order valence-electron chi connectivity index (χ0n) is 12.7. The number of rotatable bonds is 7. The fourth-order valence-electron chi connectivity index (χ4n) is 2.10. The Kier molecular flexibility index (Phi) is 6.32. The first-order chi connectivity index (χ1) is 11.1. The Bertz CT molecular complexity index is 629. The minimum atomic E-state index is -0.839. The van der Waals surface area contributed by atoms with Crippen molar-refractivity contribution in [3.8, 4) is 0 Å². The Morgan fingerprint density at radius 1 is 0.913 bits per heavy atom. The first kappa shape index (κ1) is 16.7. The Balaban J connectivity index is 1.67. The molecule has 5 heteroatoms. The van der Waals surface area contributed by atoms with E-state index in [1.807, 2.05) is 36.4 Å². The summed E-state index contributed by atoms with van der Waals surface area (Å²) in [4.78, 5) is 23.5. The number of benzene rings is 2. The Morgan fingerprint density at radius 3 is 2.17 bits per heavy atom. The van der Waals surface area contributed by atoms with Crippen molar-refractivity contribution in [1.29, 1.82) is 0 Å². The van der Waals surface area contributed by atoms with Crippen molar-refractivity contribution in [2.75, 3.05) is 11.9 Å². The molecule has 23 heavy (non-hydrogen) atoms. The lowest BCUT2D eigenvalue weighted by Gasteiger charge is -2.11. The van der Waals surface area contributed by atoms with Gasteiger partial charge in [0, 0.05) is 18.7 Å². The highest BCUT2D eigenvalue weighted by molar-refractivity contribution is 5.91. The maximum atomic E-state index is 11.8. The lowest BCUT2D eigenvalue weighted by Crippen LogP contribution is -2.28. The molecule has 0 heterocycles. The molecule has 2 rings (SSSR count). The van der Waals surface area contributed by atoms with E-state index in [0.717, 1.165) is 5.69 Å². The molecule has 2 aromatic carbocycles. The number of nitrogens with one attached hydrogen (secondary N) is 2. The highest BCUT2D eigenvalue weighted by Crippen LogP contribution is 2.15. The molecule has 0 spiro atoms. The van der Waals surface area contributed by atoms with Crippen LogP contribution in [-0.4, -0.2) is 23.5 Å². The van der Waals surface area contributed by atoms with E-state index < -0.39 is 6.10 Å². The Labute approximate surface area is 135 Å². The molecule has 0 fully saturated rings. The summed E-state index contributed by atoms with van der Waals surface area (Å²) in [5, 5.41) is 15.3. The molecule has 2 amide bonds. The topological polar surface area (TPSA) is 78.4 Å². The first-order valence-corrected chi connectivity index (χ1v) is 7.50. The standard InChI is InChI=1S/C18H20N2O3/c21-16(14-7-3-1-4-8-14)13-18(23)19-12-11-17(22)20-15-9-5-2-6-10-15/h1-10,16,21H,11-13H2,(H,19,23)(H,20,22). The van der Waals surface area contributed by atoms with Crippen molar-refractivity contribution in [3.05, 3.63) is 66.2 Å². The number of para-hydroxylation sites is 1. The van der Waals surface area contributed by atoms with Gasteiger partial charge in [-0.25, -0.2) is 0 Å². The maximum absolute atomic E-state index is 11.8. The number of amides is 2. The molecule has 120 valence electrons. The molecular weight excluding hydrogens is 292 g/mol. The van der Waals surface area contributed by atoms with Crippen LogP contribution >= 0.6 is 0 Å². The third-order valence-electron chi connectivity index (χ3n) is 3.29. The average molecular weight is 312 g/mol. The molecule has 1 atom stereocenters. The van der Waals surface area contributed by atoms with E-state index in [9.17, 15) is 14.7 Å². The van der Waals surface area contributed by atoms with E-state index in [2.05, 4.69) is 10.6 Å². The van der Waals surface area contributed by atoms with Gasteiger partial charge in [0.25, 0.3) is 0 Å². The van der Waals surface area contributed by atoms with Crippen molar-refractivity contribution in [2.24, 2.45) is 0 Å². The van der Waals surface area contributed by atoms with E-state index in [-0.39, 0.29) is 31.2 Å². The molecular formula is C18H20N2O3. The number of hydrogen-bond donors (Lipinski definition) is 3. The van der Waals surface area contributed by atoms with Gasteiger partial charge >= 0.3 is 0 Å². The van der Waals surface area contributed by atoms with E-state index in [1.54, 1.807) is 24.3 Å². The van der Waals surface area contributed by atoms with E-state index in [4.69, 9.17) is 0 Å². The molecule has 0 aliphatic heterocycles. The summed E-state index contributed by atoms with van der Waals surface area (Å²) in [7, 11) is 0. The van der Waals surface area contributed by atoms with Gasteiger partial charge in [0.05, 0.1) is 12.5 Å². The second-order valence-corrected chi connectivity index (χ2v) is 5.14. The van der Waals surface area contributed by atoms with Crippen LogP contribution in [0.5, 0.6) is 0 Å². The second-order valence-electron chi connectivity index (χ2n) is 5.14. The molecule has 1 unspecified atom stereocenters. The van der Waals surface area contributed by atoms with Gasteiger partial charge in [-0.05, 0) is 17.7 Å². The Morgan fingerprint density at radius 2 is 1.52 bits per heavy atom. The predicted octanol–water partition coefficient (Wildman–Crippen LogP) is 2.26. The van der Waals surface area contributed by atoms with Crippen molar-refractivity contribution < 1.29 is 14.7 Å². The summed E-state index contributed by atoms with van der Waals surface area (Å²) in [5.74, 6) is -0.450. The SMILES string of the molecule is O=C(CC(O)c1ccccc1)NCCC(=O)Nc1ccccc1. The van der Waals surface area contributed by atoms with Crippen LogP contribution in [0.25, 0.3) is 0 Å². The zero-order valence-corrected chi connectivity index (χ0v) is 12.7. The number of hydrogen-bond acceptors (Lipinski definition) is 3. The van der Waals surface area contributed by atoms with Crippen molar-refractivity contribution in [3.63, 3.8) is 0 Å². The third kappa shape index (κ3) is 5.92. The minimum absolute atomic E-state index is 0.0235. The number of aliphatic hydroxyl groups excluding tert-OH is 1. The minimum Gasteiger partial charge on any atom is -0.388 e. The first-order valence-electron chi connectivity index (χ1n) is 7.50. The summed E-state index contributed by atoms with van der Waals surface area (Å²) in [6, 6.07) is 18.1. The summed E-state index contributed by atoms with van der Waals surface area (Å²) < 4.78 is 0. The second kappa shape index (κ2) is 8.70. The molecule has 0 saturated carbocycles. The fraction of sp³-hybridized carbons (Fsp3) is 0.222. The van der Waals surface area contributed by atoms with Gasteiger partial charge in [0.2, 0.25) is 11.8 Å². The van der Waals surface area contributed by atoms with Gasteiger partial charge in [0.15, 0.2) is 0 Å². The number of carbonyl (C=O) groups is 2. The number of anilines is 1. The fourth-order valence-corrected chi connectivity index (χ4v) is 2.10. The van der Waals surface area contributed by atoms with Gasteiger partial charge in [-0.1, -0.05) is 48.5 Å². The van der Waals surface area contributed by atoms with E-state index in [1.165, 1.54) is 0 Å². The van der Waals surface area contributed by atoms with Crippen molar-refractivity contribution in [1.82, 2.24) is 5.32 Å². The van der Waals surface area contributed by atoms with Crippen LogP contribution in [0.3, 0.4) is 0 Å². The normalized spacial score (nSPS) is 11.5. The van der Waals surface area contributed by atoms with Crippen LogP contribution in [0.1, 0.15) is 24.5 Å². The molecule has 0 aliphatic carbocycles. The summed E-state index contributed by atoms with van der Waals surface area (Å²) in [6.07, 6.45) is -0.679. The van der Waals surface area contributed by atoms with E-state index >= 15 is 0 Å². The van der Waals surface area contributed by atoms with Crippen LogP contribution in [0, 0.1) is 0 Å². The molecule has 0 aromatic heterocycles. The summed E-state index contributed by atoms with van der Waals surface area (Å²) in [5.41, 5.74) is 1.42. The van der Waals surface area contributed by atoms with Crippen LogP contribution in [0.2, 0.25) is 0 Å². The van der Waals surface area contributed by atoms with Gasteiger partial charge in [-0.2, -0.15) is 0 Å². The predicted molar refractivity (Wildman–Crippen MR) is 88.7 cm³/mol. The largest absolute Gasteiger partial charge is 0.388 e. The molecule has 0 bridgehead atoms. The zero-order chi connectivity index (χ0) is 16.5. The average Bonchev–Trinajstić information content (AvgIpc) is 2.56. The number of aliphatic hydroxyl groups is 1. The maximum Gasteiger partial charge on any atom is 0.226 e. The highest BCUT2D eigenvalue weighted by atomic mass is 16.3. The molecule has 0 saturated heterocycles. The van der Waals surface area contributed by atoms with Crippen molar-refractivity contribution >= 4 is 17.5 Å². The third-order valence-corrected chi connectivity index (χ3v) is 3.29. The lowest BCUT2D eigenvalue weighted by molar-refractivity contribution is -0.123. The van der Waals surface area contributed by atoms with Gasteiger partial charge in [-0.15, -0.1) is 0 Å². The highest BCUT2D eigenvalue weighted by Gasteiger charge is 2.12. The molecule has 0 aliphatic rings. The number of carbonyl (C=O) groups excluding carboxylic acids is 2. The summed E-state index contributed by atoms with van der Waals surface area (Å²) >= 11 is 0.